The van der Waals surface area contributed by atoms with Gasteiger partial charge in [-0.25, -0.2) is 2.78 Å². The van der Waals surface area contributed by atoms with Crippen LogP contribution in [0.25, 0.3) is 12.2 Å². The Kier molecular flexibility index (Phi) is 5.36. The number of aromatic hydroxyl groups is 1. The molecule has 0 aromatic carbocycles. The Hall–Kier alpha value is -1.67. The minimum atomic E-state index is -0.562. The van der Waals surface area contributed by atoms with Crippen LogP contribution in [0.1, 0.15) is 34.5 Å². The second-order valence-corrected chi connectivity index (χ2v) is 5.91. The summed E-state index contributed by atoms with van der Waals surface area (Å²) in [5.41, 5.74) is -0.0763. The molecule has 1 aliphatic rings. The monoisotopic (exact) mass is 412 g/mol. The van der Waals surface area contributed by atoms with Gasteiger partial charge < -0.3 is 10.4 Å². The number of rotatable bonds is 5. The van der Waals surface area contributed by atoms with Crippen LogP contribution in [-0.2, 0) is 0 Å². The van der Waals surface area contributed by atoms with Crippen LogP contribution >= 0.6 is 22.9 Å². The maximum Gasteiger partial charge on any atom is 0.274 e. The third-order valence-corrected chi connectivity index (χ3v) is 4.55. The SMILES string of the molecule is C=Cc1c(O)c(C(=O)/C=C/C2CCCN2)c(=O)n(I)c1C=C. The van der Waals surface area contributed by atoms with Gasteiger partial charge in [0.15, 0.2) is 5.78 Å². The molecule has 2 rings (SSSR count). The lowest BCUT2D eigenvalue weighted by Gasteiger charge is -2.11. The van der Waals surface area contributed by atoms with Crippen LogP contribution in [-0.4, -0.2) is 26.3 Å². The lowest BCUT2D eigenvalue weighted by atomic mass is 10.0. The molecule has 1 aromatic heterocycles. The van der Waals surface area contributed by atoms with E-state index in [0.717, 1.165) is 19.4 Å². The summed E-state index contributed by atoms with van der Waals surface area (Å²) in [5.74, 6) is -0.864. The minimum absolute atomic E-state index is 0.138. The molecule has 2 heterocycles. The van der Waals surface area contributed by atoms with Gasteiger partial charge in [-0.1, -0.05) is 25.3 Å². The van der Waals surface area contributed by atoms with Gasteiger partial charge in [0.05, 0.1) is 28.6 Å². The van der Waals surface area contributed by atoms with Crippen LogP contribution in [0.15, 0.2) is 30.1 Å². The lowest BCUT2D eigenvalue weighted by molar-refractivity contribution is 0.104. The number of nitrogens with one attached hydrogen (secondary N) is 1. The second kappa shape index (κ2) is 7.06. The van der Waals surface area contributed by atoms with E-state index in [9.17, 15) is 14.7 Å². The first kappa shape index (κ1) is 16.7. The summed E-state index contributed by atoms with van der Waals surface area (Å²) in [4.78, 5) is 24.6. The number of nitrogens with zero attached hydrogens (tertiary/aromatic N) is 1. The van der Waals surface area contributed by atoms with E-state index >= 15 is 0 Å². The molecular weight excluding hydrogens is 395 g/mol. The van der Waals surface area contributed by atoms with Crippen LogP contribution in [0, 0.1) is 0 Å². The zero-order valence-electron chi connectivity index (χ0n) is 12.0. The minimum Gasteiger partial charge on any atom is -0.506 e. The Labute approximate surface area is 142 Å². The lowest BCUT2D eigenvalue weighted by Crippen LogP contribution is -2.24. The van der Waals surface area contributed by atoms with E-state index in [-0.39, 0.29) is 17.4 Å². The maximum absolute atomic E-state index is 12.3. The average Bonchev–Trinajstić information content (AvgIpc) is 3.02. The van der Waals surface area contributed by atoms with Gasteiger partial charge in [0, 0.05) is 11.6 Å². The summed E-state index contributed by atoms with van der Waals surface area (Å²) < 4.78 is 1.26. The first-order chi connectivity index (χ1) is 10.5. The molecule has 6 heteroatoms. The van der Waals surface area contributed by atoms with Crippen molar-refractivity contribution in [3.05, 3.63) is 52.5 Å². The highest BCUT2D eigenvalue weighted by Crippen LogP contribution is 2.27. The van der Waals surface area contributed by atoms with Crippen molar-refractivity contribution in [2.24, 2.45) is 0 Å². The van der Waals surface area contributed by atoms with Crippen molar-refractivity contribution in [2.75, 3.05) is 6.54 Å². The highest BCUT2D eigenvalue weighted by atomic mass is 127. The molecule has 0 spiro atoms. The Morgan fingerprint density at radius 1 is 1.41 bits per heavy atom. The number of ketones is 1. The zero-order chi connectivity index (χ0) is 16.3. The summed E-state index contributed by atoms with van der Waals surface area (Å²) in [7, 11) is 0. The van der Waals surface area contributed by atoms with E-state index in [1.165, 1.54) is 21.0 Å². The molecule has 1 aromatic rings. The van der Waals surface area contributed by atoms with E-state index in [2.05, 4.69) is 18.5 Å². The topological polar surface area (TPSA) is 71.3 Å². The third-order valence-electron chi connectivity index (χ3n) is 3.59. The zero-order valence-corrected chi connectivity index (χ0v) is 14.2. The predicted molar refractivity (Wildman–Crippen MR) is 96.5 cm³/mol. The van der Waals surface area contributed by atoms with Crippen molar-refractivity contribution in [3.63, 3.8) is 0 Å². The van der Waals surface area contributed by atoms with Gasteiger partial charge in [-0.15, -0.1) is 0 Å². The molecule has 0 bridgehead atoms. The molecule has 1 unspecified atom stereocenters. The van der Waals surface area contributed by atoms with Crippen molar-refractivity contribution in [1.29, 1.82) is 0 Å². The molecule has 1 fully saturated rings. The molecule has 22 heavy (non-hydrogen) atoms. The number of pyridine rings is 1. The molecule has 0 aliphatic carbocycles. The van der Waals surface area contributed by atoms with Gasteiger partial charge in [0.25, 0.3) is 5.56 Å². The summed E-state index contributed by atoms with van der Waals surface area (Å²) in [6, 6.07) is 0.138. The number of hydrogen-bond donors (Lipinski definition) is 2. The molecule has 1 saturated heterocycles. The van der Waals surface area contributed by atoms with E-state index in [0.29, 0.717) is 11.3 Å². The van der Waals surface area contributed by atoms with Crippen LogP contribution in [0.2, 0.25) is 0 Å². The fourth-order valence-corrected chi connectivity index (χ4v) is 3.14. The first-order valence-corrected chi connectivity index (χ1v) is 7.86. The number of carbonyl (C=O) groups excluding carboxylic acids is 1. The molecular formula is C16H17IN2O3. The van der Waals surface area contributed by atoms with E-state index < -0.39 is 11.3 Å². The van der Waals surface area contributed by atoms with Crippen molar-refractivity contribution in [3.8, 4) is 5.75 Å². The summed E-state index contributed by atoms with van der Waals surface area (Å²) >= 11 is 1.78. The third kappa shape index (κ3) is 3.07. The molecule has 0 radical (unpaired) electrons. The van der Waals surface area contributed by atoms with E-state index in [4.69, 9.17) is 0 Å². The highest BCUT2D eigenvalue weighted by molar-refractivity contribution is 14.1. The fourth-order valence-electron chi connectivity index (χ4n) is 2.45. The molecule has 1 atom stereocenters. The summed E-state index contributed by atoms with van der Waals surface area (Å²) in [6.07, 6.45) is 7.94. The average molecular weight is 412 g/mol. The van der Waals surface area contributed by atoms with Crippen molar-refractivity contribution < 1.29 is 9.90 Å². The Morgan fingerprint density at radius 2 is 2.14 bits per heavy atom. The molecule has 1 aliphatic heterocycles. The summed E-state index contributed by atoms with van der Waals surface area (Å²) in [5, 5.41) is 13.5. The number of carbonyl (C=O) groups is 1. The number of aromatic nitrogens is 1. The number of hydrogen-bond acceptors (Lipinski definition) is 4. The first-order valence-electron chi connectivity index (χ1n) is 6.90. The van der Waals surface area contributed by atoms with Gasteiger partial charge in [0.1, 0.15) is 11.3 Å². The van der Waals surface area contributed by atoms with Crippen LogP contribution < -0.4 is 10.9 Å². The van der Waals surface area contributed by atoms with Crippen molar-refractivity contribution >= 4 is 40.8 Å². The predicted octanol–water partition coefficient (Wildman–Crippen LogP) is 2.53. The van der Waals surface area contributed by atoms with Crippen LogP contribution in [0.3, 0.4) is 0 Å². The van der Waals surface area contributed by atoms with Crippen molar-refractivity contribution in [1.82, 2.24) is 8.10 Å². The molecule has 0 amide bonds. The standard InChI is InChI=1S/C16H17IN2O3/c1-3-11-12(4-2)19(17)16(22)14(15(11)21)13(20)8-7-10-6-5-9-18-10/h3-4,7-8,10,18,21H,1-2,5-6,9H2/b8-7+. The highest BCUT2D eigenvalue weighted by Gasteiger charge is 2.22. The fraction of sp³-hybridized carbons (Fsp3) is 0.250. The smallest absolute Gasteiger partial charge is 0.274 e. The maximum atomic E-state index is 12.3. The van der Waals surface area contributed by atoms with Crippen LogP contribution in [0.5, 0.6) is 5.75 Å². The van der Waals surface area contributed by atoms with Gasteiger partial charge in [-0.05, 0) is 31.5 Å². The van der Waals surface area contributed by atoms with E-state index in [1.807, 2.05) is 0 Å². The Morgan fingerprint density at radius 3 is 2.68 bits per heavy atom. The quantitative estimate of drug-likeness (QED) is 0.443. The van der Waals surface area contributed by atoms with Gasteiger partial charge in [-0.2, -0.15) is 0 Å². The Balaban J connectivity index is 2.48. The number of allylic oxidation sites excluding steroid dienone is 1. The molecule has 2 N–H and O–H groups in total. The van der Waals surface area contributed by atoms with Crippen LogP contribution in [0.4, 0.5) is 0 Å². The second-order valence-electron chi connectivity index (χ2n) is 4.94. The molecule has 116 valence electrons. The largest absolute Gasteiger partial charge is 0.506 e. The normalized spacial score (nSPS) is 17.8. The van der Waals surface area contributed by atoms with Crippen molar-refractivity contribution in [2.45, 2.75) is 18.9 Å². The summed E-state index contributed by atoms with van der Waals surface area (Å²) in [6.45, 7) is 8.15. The number of halogens is 1. The van der Waals surface area contributed by atoms with E-state index in [1.54, 1.807) is 28.9 Å². The van der Waals surface area contributed by atoms with Gasteiger partial charge in [0.2, 0.25) is 0 Å². The van der Waals surface area contributed by atoms with Gasteiger partial charge >= 0.3 is 0 Å². The Bertz CT molecular complexity index is 713. The molecule has 5 nitrogen and oxygen atoms in total. The molecule has 0 saturated carbocycles. The van der Waals surface area contributed by atoms with Gasteiger partial charge in [-0.3, -0.25) is 9.59 Å².